The van der Waals surface area contributed by atoms with E-state index in [0.717, 1.165) is 5.56 Å². The summed E-state index contributed by atoms with van der Waals surface area (Å²) in [6, 6.07) is 9.23. The van der Waals surface area contributed by atoms with E-state index in [2.05, 4.69) is 9.97 Å². The SMILES string of the molecule is Cc1nc(-c2ccccc2)ncc1C(=O)N(CC(=O)O)C(C)C. The van der Waals surface area contributed by atoms with Crippen LogP contribution in [0.15, 0.2) is 36.5 Å². The lowest BCUT2D eigenvalue weighted by Gasteiger charge is -2.25. The number of carboxylic acids is 1. The van der Waals surface area contributed by atoms with Crippen LogP contribution < -0.4 is 0 Å². The van der Waals surface area contributed by atoms with Gasteiger partial charge in [0.2, 0.25) is 0 Å². The zero-order chi connectivity index (χ0) is 17.0. The molecule has 0 atom stereocenters. The van der Waals surface area contributed by atoms with Gasteiger partial charge in [-0.3, -0.25) is 9.59 Å². The number of benzene rings is 1. The summed E-state index contributed by atoms with van der Waals surface area (Å²) >= 11 is 0. The molecule has 1 N–H and O–H groups in total. The molecule has 120 valence electrons. The van der Waals surface area contributed by atoms with Crippen LogP contribution >= 0.6 is 0 Å². The lowest BCUT2D eigenvalue weighted by atomic mass is 10.1. The van der Waals surface area contributed by atoms with Gasteiger partial charge in [0.15, 0.2) is 5.82 Å². The minimum absolute atomic E-state index is 0.230. The highest BCUT2D eigenvalue weighted by Gasteiger charge is 2.23. The molecule has 0 fully saturated rings. The Balaban J connectivity index is 2.33. The maximum absolute atomic E-state index is 12.6. The number of aryl methyl sites for hydroxylation is 1. The highest BCUT2D eigenvalue weighted by molar-refractivity contribution is 5.96. The molecule has 2 aromatic rings. The first-order valence-corrected chi connectivity index (χ1v) is 7.32. The number of aliphatic carboxylic acids is 1. The van der Waals surface area contributed by atoms with Gasteiger partial charge in [-0.05, 0) is 20.8 Å². The van der Waals surface area contributed by atoms with Gasteiger partial charge in [-0.1, -0.05) is 30.3 Å². The molecule has 0 bridgehead atoms. The van der Waals surface area contributed by atoms with Crippen LogP contribution in [0.25, 0.3) is 11.4 Å². The lowest BCUT2D eigenvalue weighted by Crippen LogP contribution is -2.41. The third-order valence-corrected chi connectivity index (χ3v) is 3.43. The number of amides is 1. The first kappa shape index (κ1) is 16.6. The van der Waals surface area contributed by atoms with Gasteiger partial charge in [-0.2, -0.15) is 0 Å². The predicted octanol–water partition coefficient (Wildman–Crippen LogP) is 2.39. The van der Waals surface area contributed by atoms with Crippen LogP contribution in [0.2, 0.25) is 0 Å². The van der Waals surface area contributed by atoms with Gasteiger partial charge in [0, 0.05) is 17.8 Å². The third-order valence-electron chi connectivity index (χ3n) is 3.43. The first-order valence-electron chi connectivity index (χ1n) is 7.32. The highest BCUT2D eigenvalue weighted by Crippen LogP contribution is 2.17. The fourth-order valence-electron chi connectivity index (χ4n) is 2.19. The average Bonchev–Trinajstić information content (AvgIpc) is 2.52. The van der Waals surface area contributed by atoms with Crippen LogP contribution in [-0.2, 0) is 4.79 Å². The van der Waals surface area contributed by atoms with Crippen molar-refractivity contribution in [3.8, 4) is 11.4 Å². The van der Waals surface area contributed by atoms with Gasteiger partial charge < -0.3 is 10.0 Å². The summed E-state index contributed by atoms with van der Waals surface area (Å²) in [5.74, 6) is -0.889. The summed E-state index contributed by atoms with van der Waals surface area (Å²) < 4.78 is 0. The summed E-state index contributed by atoms with van der Waals surface area (Å²) in [4.78, 5) is 33.4. The zero-order valence-electron chi connectivity index (χ0n) is 13.4. The van der Waals surface area contributed by atoms with Gasteiger partial charge in [-0.15, -0.1) is 0 Å². The largest absolute Gasteiger partial charge is 0.480 e. The van der Waals surface area contributed by atoms with Crippen molar-refractivity contribution in [3.63, 3.8) is 0 Å². The second-order valence-electron chi connectivity index (χ2n) is 5.48. The summed E-state index contributed by atoms with van der Waals surface area (Å²) in [5.41, 5.74) is 1.71. The maximum Gasteiger partial charge on any atom is 0.323 e. The fourth-order valence-corrected chi connectivity index (χ4v) is 2.19. The van der Waals surface area contributed by atoms with Crippen molar-refractivity contribution < 1.29 is 14.7 Å². The first-order chi connectivity index (χ1) is 10.9. The van der Waals surface area contributed by atoms with Crippen LogP contribution in [-0.4, -0.2) is 44.4 Å². The zero-order valence-corrected chi connectivity index (χ0v) is 13.4. The number of carbonyl (C=O) groups excluding carboxylic acids is 1. The monoisotopic (exact) mass is 313 g/mol. The molecule has 0 unspecified atom stereocenters. The third kappa shape index (κ3) is 3.91. The minimum Gasteiger partial charge on any atom is -0.480 e. The van der Waals surface area contributed by atoms with Crippen LogP contribution in [0, 0.1) is 6.92 Å². The molecular formula is C17H19N3O3. The normalized spacial score (nSPS) is 10.6. The molecule has 2 rings (SSSR count). The number of carbonyl (C=O) groups is 2. The molecule has 0 spiro atoms. The van der Waals surface area contributed by atoms with Crippen molar-refractivity contribution in [2.45, 2.75) is 26.8 Å². The quantitative estimate of drug-likeness (QED) is 0.916. The number of aromatic nitrogens is 2. The van der Waals surface area contributed by atoms with Crippen molar-refractivity contribution in [1.29, 1.82) is 0 Å². The number of hydrogen-bond acceptors (Lipinski definition) is 4. The van der Waals surface area contributed by atoms with Gasteiger partial charge in [0.1, 0.15) is 6.54 Å². The molecule has 0 saturated carbocycles. The number of nitrogens with zero attached hydrogens (tertiary/aromatic N) is 3. The predicted molar refractivity (Wildman–Crippen MR) is 86.0 cm³/mol. The van der Waals surface area contributed by atoms with Gasteiger partial charge in [-0.25, -0.2) is 9.97 Å². The Bertz CT molecular complexity index is 714. The van der Waals surface area contributed by atoms with E-state index in [1.807, 2.05) is 30.3 Å². The van der Waals surface area contributed by atoms with Crippen LogP contribution in [0.3, 0.4) is 0 Å². The summed E-state index contributed by atoms with van der Waals surface area (Å²) in [7, 11) is 0. The van der Waals surface area contributed by atoms with E-state index in [1.165, 1.54) is 11.1 Å². The molecule has 6 nitrogen and oxygen atoms in total. The van der Waals surface area contributed by atoms with Crippen molar-refractivity contribution >= 4 is 11.9 Å². The summed E-state index contributed by atoms with van der Waals surface area (Å²) in [6.45, 7) is 4.92. The molecule has 23 heavy (non-hydrogen) atoms. The second kappa shape index (κ2) is 7.00. The van der Waals surface area contributed by atoms with Crippen molar-refractivity contribution in [3.05, 3.63) is 47.8 Å². The summed E-state index contributed by atoms with van der Waals surface area (Å²) in [5, 5.41) is 8.97. The smallest absolute Gasteiger partial charge is 0.323 e. The van der Waals surface area contributed by atoms with Crippen molar-refractivity contribution in [2.75, 3.05) is 6.54 Å². The number of hydrogen-bond donors (Lipinski definition) is 1. The van der Waals surface area contributed by atoms with Gasteiger partial charge >= 0.3 is 5.97 Å². The van der Waals surface area contributed by atoms with Crippen LogP contribution in [0.1, 0.15) is 29.9 Å². The molecule has 1 aromatic heterocycles. The van der Waals surface area contributed by atoms with Crippen molar-refractivity contribution in [1.82, 2.24) is 14.9 Å². The van der Waals surface area contributed by atoms with E-state index < -0.39 is 5.97 Å². The van der Waals surface area contributed by atoms with E-state index in [0.29, 0.717) is 17.1 Å². The Morgan fingerprint density at radius 1 is 1.22 bits per heavy atom. The van der Waals surface area contributed by atoms with Gasteiger partial charge in [0.25, 0.3) is 5.91 Å². The minimum atomic E-state index is -1.05. The summed E-state index contributed by atoms with van der Waals surface area (Å²) in [6.07, 6.45) is 1.46. The van der Waals surface area contributed by atoms with Gasteiger partial charge in [0.05, 0.1) is 11.3 Å². The van der Waals surface area contributed by atoms with Crippen molar-refractivity contribution in [2.24, 2.45) is 0 Å². The molecule has 0 saturated heterocycles. The molecule has 0 aliphatic heterocycles. The highest BCUT2D eigenvalue weighted by atomic mass is 16.4. The molecule has 1 amide bonds. The Kier molecular flexibility index (Phi) is 5.05. The Labute approximate surface area is 134 Å². The van der Waals surface area contributed by atoms with E-state index >= 15 is 0 Å². The van der Waals surface area contributed by atoms with E-state index in [-0.39, 0.29) is 18.5 Å². The van der Waals surface area contributed by atoms with E-state index in [1.54, 1.807) is 20.8 Å². The molecule has 0 radical (unpaired) electrons. The molecular weight excluding hydrogens is 294 g/mol. The van der Waals surface area contributed by atoms with E-state index in [9.17, 15) is 9.59 Å². The Hall–Kier alpha value is -2.76. The molecule has 1 aromatic carbocycles. The number of carboxylic acid groups (broad SMARTS) is 1. The van der Waals surface area contributed by atoms with Crippen LogP contribution in [0.4, 0.5) is 0 Å². The lowest BCUT2D eigenvalue weighted by molar-refractivity contribution is -0.138. The average molecular weight is 313 g/mol. The Morgan fingerprint density at radius 2 is 1.87 bits per heavy atom. The molecule has 1 heterocycles. The van der Waals surface area contributed by atoms with E-state index in [4.69, 9.17) is 5.11 Å². The molecule has 6 heteroatoms. The molecule has 0 aliphatic rings. The van der Waals surface area contributed by atoms with Crippen LogP contribution in [0.5, 0.6) is 0 Å². The maximum atomic E-state index is 12.6. The molecule has 0 aliphatic carbocycles. The Morgan fingerprint density at radius 3 is 2.39 bits per heavy atom. The standard InChI is InChI=1S/C17H19N3O3/c1-11(2)20(10-15(21)22)17(23)14-9-18-16(19-12(14)3)13-7-5-4-6-8-13/h4-9,11H,10H2,1-3H3,(H,21,22). The fraction of sp³-hybridized carbons (Fsp3) is 0.294. The second-order valence-corrected chi connectivity index (χ2v) is 5.48. The number of rotatable bonds is 5. The topological polar surface area (TPSA) is 83.4 Å².